The average Bonchev–Trinajstić information content (AvgIpc) is 2.77. The normalized spacial score (nSPS) is 26.4. The number of halogens is 3. The standard InChI is InChI=1S/C27H33F3O/c1-3-5-13-31-23-12-11-21-16-22(25(28)27(30)24(21)26(23)29)20-10-9-18-14-17(6-4-2)7-8-19(18)15-20/h3,5,11-12,16-20H,4,6-10,13-15H2,1-2H3. The van der Waals surface area contributed by atoms with Crippen LogP contribution in [0, 0.1) is 35.2 Å². The van der Waals surface area contributed by atoms with Crippen LogP contribution in [0.5, 0.6) is 5.75 Å². The highest BCUT2D eigenvalue weighted by Gasteiger charge is 2.37. The third-order valence-electron chi connectivity index (χ3n) is 7.54. The third kappa shape index (κ3) is 4.49. The van der Waals surface area contributed by atoms with Gasteiger partial charge in [-0.05, 0) is 85.8 Å². The first-order chi connectivity index (χ1) is 15.0. The molecule has 4 rings (SSSR count). The quantitative estimate of drug-likeness (QED) is 0.419. The van der Waals surface area contributed by atoms with Crippen molar-refractivity contribution in [1.82, 2.24) is 0 Å². The summed E-state index contributed by atoms with van der Waals surface area (Å²) in [7, 11) is 0. The van der Waals surface area contributed by atoms with Gasteiger partial charge in [0.05, 0.1) is 5.39 Å². The molecule has 2 fully saturated rings. The van der Waals surface area contributed by atoms with Crippen molar-refractivity contribution in [3.8, 4) is 5.75 Å². The van der Waals surface area contributed by atoms with E-state index in [1.165, 1.54) is 38.2 Å². The molecule has 31 heavy (non-hydrogen) atoms. The number of rotatable bonds is 6. The van der Waals surface area contributed by atoms with Crippen LogP contribution in [-0.4, -0.2) is 6.61 Å². The van der Waals surface area contributed by atoms with Crippen LogP contribution in [0.15, 0.2) is 30.4 Å². The van der Waals surface area contributed by atoms with E-state index in [-0.39, 0.29) is 23.7 Å². The van der Waals surface area contributed by atoms with E-state index in [9.17, 15) is 4.39 Å². The van der Waals surface area contributed by atoms with Gasteiger partial charge in [-0.25, -0.2) is 13.2 Å². The Bertz CT molecular complexity index is 951. The summed E-state index contributed by atoms with van der Waals surface area (Å²) in [6.07, 6.45) is 12.7. The molecule has 0 bridgehead atoms. The van der Waals surface area contributed by atoms with Gasteiger partial charge in [-0.15, -0.1) is 0 Å². The predicted molar refractivity (Wildman–Crippen MR) is 120 cm³/mol. The lowest BCUT2D eigenvalue weighted by Gasteiger charge is -2.42. The van der Waals surface area contributed by atoms with Gasteiger partial charge in [-0.2, -0.15) is 0 Å². The van der Waals surface area contributed by atoms with Gasteiger partial charge < -0.3 is 4.74 Å². The lowest BCUT2D eigenvalue weighted by Crippen LogP contribution is -2.30. The summed E-state index contributed by atoms with van der Waals surface area (Å²) in [5.41, 5.74) is 0.418. The van der Waals surface area contributed by atoms with E-state index < -0.39 is 17.5 Å². The van der Waals surface area contributed by atoms with Crippen molar-refractivity contribution < 1.29 is 17.9 Å². The summed E-state index contributed by atoms with van der Waals surface area (Å²) in [6, 6.07) is 4.81. The van der Waals surface area contributed by atoms with E-state index in [4.69, 9.17) is 4.74 Å². The van der Waals surface area contributed by atoms with Gasteiger partial charge in [0.1, 0.15) is 6.61 Å². The Kier molecular flexibility index (Phi) is 6.93. The Hall–Kier alpha value is -1.97. The molecule has 4 heteroatoms. The van der Waals surface area contributed by atoms with Crippen molar-refractivity contribution in [2.75, 3.05) is 6.61 Å². The Morgan fingerprint density at radius 3 is 2.52 bits per heavy atom. The fraction of sp³-hybridized carbons (Fsp3) is 0.556. The summed E-state index contributed by atoms with van der Waals surface area (Å²) >= 11 is 0. The first kappa shape index (κ1) is 22.2. The summed E-state index contributed by atoms with van der Waals surface area (Å²) in [6.45, 7) is 4.27. The van der Waals surface area contributed by atoms with Gasteiger partial charge in [-0.1, -0.05) is 44.4 Å². The zero-order chi connectivity index (χ0) is 22.0. The number of hydrogen-bond donors (Lipinski definition) is 0. The van der Waals surface area contributed by atoms with E-state index in [0.29, 0.717) is 16.9 Å². The van der Waals surface area contributed by atoms with Crippen molar-refractivity contribution >= 4 is 10.8 Å². The molecule has 2 aliphatic carbocycles. The Morgan fingerprint density at radius 2 is 1.74 bits per heavy atom. The Labute approximate surface area is 183 Å². The molecule has 0 saturated heterocycles. The zero-order valence-electron chi connectivity index (χ0n) is 18.6. The lowest BCUT2D eigenvalue weighted by molar-refractivity contribution is 0.113. The molecular weight excluding hydrogens is 397 g/mol. The average molecular weight is 431 g/mol. The largest absolute Gasteiger partial charge is 0.486 e. The molecule has 0 radical (unpaired) electrons. The molecule has 0 spiro atoms. The molecule has 4 unspecified atom stereocenters. The fourth-order valence-electron chi connectivity index (χ4n) is 5.96. The molecule has 0 heterocycles. The van der Waals surface area contributed by atoms with Gasteiger partial charge in [0.2, 0.25) is 0 Å². The van der Waals surface area contributed by atoms with Gasteiger partial charge in [-0.3, -0.25) is 0 Å². The number of fused-ring (bicyclic) bond motifs is 2. The molecule has 0 amide bonds. The van der Waals surface area contributed by atoms with Crippen molar-refractivity contribution in [2.45, 2.75) is 71.1 Å². The summed E-state index contributed by atoms with van der Waals surface area (Å²) in [4.78, 5) is 0. The maximum Gasteiger partial charge on any atom is 0.175 e. The second kappa shape index (κ2) is 9.67. The highest BCUT2D eigenvalue weighted by Crippen LogP contribution is 2.49. The topological polar surface area (TPSA) is 9.23 Å². The second-order valence-corrected chi connectivity index (χ2v) is 9.45. The van der Waals surface area contributed by atoms with Crippen molar-refractivity contribution in [2.24, 2.45) is 17.8 Å². The monoisotopic (exact) mass is 430 g/mol. The van der Waals surface area contributed by atoms with Gasteiger partial charge >= 0.3 is 0 Å². The molecular formula is C27H33F3O. The third-order valence-corrected chi connectivity index (χ3v) is 7.54. The van der Waals surface area contributed by atoms with Gasteiger partial charge in [0.15, 0.2) is 23.2 Å². The molecule has 2 aromatic rings. The number of allylic oxidation sites excluding steroid dienone is 1. The molecule has 4 atom stereocenters. The first-order valence-corrected chi connectivity index (χ1v) is 11.9. The van der Waals surface area contributed by atoms with Crippen LogP contribution in [0.3, 0.4) is 0 Å². The Balaban J connectivity index is 1.58. The molecule has 2 saturated carbocycles. The zero-order valence-corrected chi connectivity index (χ0v) is 18.6. The SMILES string of the molecule is CC=CCOc1ccc2cc(C3CCC4CC(CCC)CCC4C3)c(F)c(F)c2c1F. The van der Waals surface area contributed by atoms with Crippen LogP contribution < -0.4 is 4.74 Å². The molecule has 168 valence electrons. The summed E-state index contributed by atoms with van der Waals surface area (Å²) in [5, 5.41) is 0.0894. The van der Waals surface area contributed by atoms with Crippen LogP contribution in [0.4, 0.5) is 13.2 Å². The molecule has 2 aromatic carbocycles. The van der Waals surface area contributed by atoms with Crippen molar-refractivity contribution in [3.63, 3.8) is 0 Å². The van der Waals surface area contributed by atoms with Crippen LogP contribution in [-0.2, 0) is 0 Å². The van der Waals surface area contributed by atoms with Crippen molar-refractivity contribution in [1.29, 1.82) is 0 Å². The molecule has 0 aliphatic heterocycles. The van der Waals surface area contributed by atoms with Crippen LogP contribution in [0.2, 0.25) is 0 Å². The first-order valence-electron chi connectivity index (χ1n) is 11.9. The summed E-state index contributed by atoms with van der Waals surface area (Å²) in [5.74, 6) is -0.686. The highest BCUT2D eigenvalue weighted by molar-refractivity contribution is 5.86. The van der Waals surface area contributed by atoms with Gasteiger partial charge in [0, 0.05) is 0 Å². The van der Waals surface area contributed by atoms with Crippen LogP contribution >= 0.6 is 0 Å². The number of hydrogen-bond acceptors (Lipinski definition) is 1. The van der Waals surface area contributed by atoms with Crippen molar-refractivity contribution in [3.05, 3.63) is 53.4 Å². The minimum Gasteiger partial charge on any atom is -0.486 e. The van der Waals surface area contributed by atoms with Gasteiger partial charge in [0.25, 0.3) is 0 Å². The molecule has 1 nitrogen and oxygen atoms in total. The predicted octanol–water partition coefficient (Wildman–Crippen LogP) is 8.31. The van der Waals surface area contributed by atoms with Crippen LogP contribution in [0.25, 0.3) is 10.8 Å². The van der Waals surface area contributed by atoms with E-state index in [2.05, 4.69) is 6.92 Å². The van der Waals surface area contributed by atoms with E-state index in [1.807, 2.05) is 6.92 Å². The minimum absolute atomic E-state index is 0.0107. The number of benzene rings is 2. The van der Waals surface area contributed by atoms with E-state index in [0.717, 1.165) is 31.1 Å². The smallest absolute Gasteiger partial charge is 0.175 e. The maximum atomic E-state index is 15.1. The number of ether oxygens (including phenoxy) is 1. The lowest BCUT2D eigenvalue weighted by atomic mass is 9.63. The Morgan fingerprint density at radius 1 is 0.968 bits per heavy atom. The minimum atomic E-state index is -1.09. The maximum absolute atomic E-state index is 15.1. The summed E-state index contributed by atoms with van der Waals surface area (Å²) < 4.78 is 50.4. The van der Waals surface area contributed by atoms with E-state index in [1.54, 1.807) is 24.3 Å². The fourth-order valence-corrected chi connectivity index (χ4v) is 5.96. The van der Waals surface area contributed by atoms with Crippen LogP contribution in [0.1, 0.15) is 76.7 Å². The molecule has 2 aliphatic rings. The molecule has 0 aromatic heterocycles. The van der Waals surface area contributed by atoms with E-state index >= 15 is 8.78 Å². The highest BCUT2D eigenvalue weighted by atomic mass is 19.2. The molecule has 0 N–H and O–H groups in total. The second-order valence-electron chi connectivity index (χ2n) is 9.45.